The Balaban J connectivity index is 1.93. The van der Waals surface area contributed by atoms with Gasteiger partial charge in [-0.25, -0.2) is 0 Å². The van der Waals surface area contributed by atoms with Gasteiger partial charge in [0.15, 0.2) is 0 Å². The van der Waals surface area contributed by atoms with Gasteiger partial charge >= 0.3 is 0 Å². The van der Waals surface area contributed by atoms with E-state index in [0.29, 0.717) is 17.8 Å². The fourth-order valence-electron chi connectivity index (χ4n) is 2.49. The Kier molecular flexibility index (Phi) is 3.64. The number of rotatable bonds is 3. The summed E-state index contributed by atoms with van der Waals surface area (Å²) >= 11 is 3.39. The van der Waals surface area contributed by atoms with Crippen molar-refractivity contribution in [3.63, 3.8) is 0 Å². The zero-order valence-corrected chi connectivity index (χ0v) is 13.2. The number of hydrogen-bond acceptors (Lipinski definition) is 2. The van der Waals surface area contributed by atoms with Gasteiger partial charge in [-0.2, -0.15) is 0 Å². The number of halogens is 1. The first kappa shape index (κ1) is 14.0. The largest absolute Gasteiger partial charge is 0.300 e. The zero-order chi connectivity index (χ0) is 15.0. The highest BCUT2D eigenvalue weighted by Crippen LogP contribution is 2.32. The zero-order valence-electron chi connectivity index (χ0n) is 11.6. The Hall–Kier alpha value is -1.94. The second-order valence-electron chi connectivity index (χ2n) is 5.05. The molecular weight excluding hydrogens is 330 g/mol. The molecule has 0 aromatic heterocycles. The van der Waals surface area contributed by atoms with E-state index in [-0.39, 0.29) is 0 Å². The molecule has 1 amide bonds. The molecule has 106 valence electrons. The highest BCUT2D eigenvalue weighted by Gasteiger charge is 2.35. The van der Waals surface area contributed by atoms with Crippen LogP contribution in [0.25, 0.3) is 0 Å². The quantitative estimate of drug-likeness (QED) is 0.796. The number of carbonyl (C=O) groups excluding carboxylic acids is 2. The standard InChI is InChI=1S/C17H14BrNO2/c1-2-11-3-5-12(6-4-11)10-19-15-9-13(18)7-8-14(15)16(20)17(19)21/h3-9H,2,10H2,1H3. The minimum atomic E-state index is -0.456. The minimum absolute atomic E-state index is 0.415. The average Bonchev–Trinajstić information content (AvgIpc) is 2.73. The van der Waals surface area contributed by atoms with Gasteiger partial charge in [-0.1, -0.05) is 47.1 Å². The van der Waals surface area contributed by atoms with Crippen molar-refractivity contribution >= 4 is 33.3 Å². The SMILES string of the molecule is CCc1ccc(CN2C(=O)C(=O)c3ccc(Br)cc32)cc1. The molecule has 4 heteroatoms. The van der Waals surface area contributed by atoms with Gasteiger partial charge in [-0.15, -0.1) is 0 Å². The summed E-state index contributed by atoms with van der Waals surface area (Å²) < 4.78 is 0.857. The summed E-state index contributed by atoms with van der Waals surface area (Å²) in [7, 11) is 0. The average molecular weight is 344 g/mol. The Morgan fingerprint density at radius 1 is 1.00 bits per heavy atom. The Bertz CT molecular complexity index is 722. The number of nitrogens with zero attached hydrogens (tertiary/aromatic N) is 1. The molecule has 1 heterocycles. The van der Waals surface area contributed by atoms with E-state index in [1.165, 1.54) is 5.56 Å². The minimum Gasteiger partial charge on any atom is -0.300 e. The van der Waals surface area contributed by atoms with Crippen molar-refractivity contribution in [2.75, 3.05) is 4.90 Å². The van der Waals surface area contributed by atoms with E-state index in [0.717, 1.165) is 16.5 Å². The number of ketones is 1. The van der Waals surface area contributed by atoms with Gasteiger partial charge in [0.25, 0.3) is 11.7 Å². The summed E-state index contributed by atoms with van der Waals surface area (Å²) in [5.41, 5.74) is 3.43. The number of amides is 1. The van der Waals surface area contributed by atoms with Crippen LogP contribution in [0.3, 0.4) is 0 Å². The molecule has 0 spiro atoms. The lowest BCUT2D eigenvalue weighted by Gasteiger charge is -2.17. The number of benzene rings is 2. The Morgan fingerprint density at radius 3 is 2.33 bits per heavy atom. The van der Waals surface area contributed by atoms with Crippen LogP contribution in [-0.4, -0.2) is 11.7 Å². The molecule has 0 fully saturated rings. The number of Topliss-reactive ketones (excluding diaryl/α,β-unsaturated/α-hetero) is 1. The first-order valence-electron chi connectivity index (χ1n) is 6.83. The first-order chi connectivity index (χ1) is 10.1. The second-order valence-corrected chi connectivity index (χ2v) is 5.97. The van der Waals surface area contributed by atoms with E-state index in [9.17, 15) is 9.59 Å². The van der Waals surface area contributed by atoms with Crippen molar-refractivity contribution in [1.82, 2.24) is 0 Å². The van der Waals surface area contributed by atoms with Crippen molar-refractivity contribution < 1.29 is 9.59 Å². The molecule has 3 rings (SSSR count). The Labute approximate surface area is 131 Å². The number of fused-ring (bicyclic) bond motifs is 1. The van der Waals surface area contributed by atoms with Gasteiger partial charge < -0.3 is 4.90 Å². The molecule has 3 nitrogen and oxygen atoms in total. The van der Waals surface area contributed by atoms with Gasteiger partial charge in [0.2, 0.25) is 0 Å². The van der Waals surface area contributed by atoms with E-state index in [4.69, 9.17) is 0 Å². The van der Waals surface area contributed by atoms with Crippen LogP contribution >= 0.6 is 15.9 Å². The predicted octanol–water partition coefficient (Wildman–Crippen LogP) is 3.74. The maximum Gasteiger partial charge on any atom is 0.299 e. The van der Waals surface area contributed by atoms with Gasteiger partial charge in [0.1, 0.15) is 0 Å². The van der Waals surface area contributed by atoms with Crippen LogP contribution < -0.4 is 4.90 Å². The highest BCUT2D eigenvalue weighted by atomic mass is 79.9. The third kappa shape index (κ3) is 2.51. The third-order valence-corrected chi connectivity index (χ3v) is 4.20. The van der Waals surface area contributed by atoms with Gasteiger partial charge in [0.05, 0.1) is 17.8 Å². The van der Waals surface area contributed by atoms with Crippen molar-refractivity contribution in [2.24, 2.45) is 0 Å². The van der Waals surface area contributed by atoms with Gasteiger partial charge in [-0.05, 0) is 35.7 Å². The maximum absolute atomic E-state index is 12.2. The maximum atomic E-state index is 12.2. The fourth-order valence-corrected chi connectivity index (χ4v) is 2.84. The second kappa shape index (κ2) is 5.45. The molecule has 2 aromatic carbocycles. The summed E-state index contributed by atoms with van der Waals surface area (Å²) in [6.07, 6.45) is 0.983. The molecule has 1 aliphatic heterocycles. The fraction of sp³-hybridized carbons (Fsp3) is 0.176. The van der Waals surface area contributed by atoms with Crippen LogP contribution in [0, 0.1) is 0 Å². The molecule has 0 unspecified atom stereocenters. The lowest BCUT2D eigenvalue weighted by molar-refractivity contribution is -0.114. The topological polar surface area (TPSA) is 37.4 Å². The highest BCUT2D eigenvalue weighted by molar-refractivity contribution is 9.10. The predicted molar refractivity (Wildman–Crippen MR) is 85.5 cm³/mol. The number of anilines is 1. The number of hydrogen-bond donors (Lipinski definition) is 0. The lowest BCUT2D eigenvalue weighted by Crippen LogP contribution is -2.29. The van der Waals surface area contributed by atoms with Crippen LogP contribution in [0.5, 0.6) is 0 Å². The number of aryl methyl sites for hydroxylation is 1. The summed E-state index contributed by atoms with van der Waals surface area (Å²) in [4.78, 5) is 25.7. The molecule has 0 saturated carbocycles. The summed E-state index contributed by atoms with van der Waals surface area (Å²) in [6.45, 7) is 2.52. The van der Waals surface area contributed by atoms with Crippen molar-refractivity contribution in [1.29, 1.82) is 0 Å². The van der Waals surface area contributed by atoms with E-state index < -0.39 is 11.7 Å². The molecule has 21 heavy (non-hydrogen) atoms. The van der Waals surface area contributed by atoms with Gasteiger partial charge in [0, 0.05) is 4.47 Å². The molecule has 0 bridgehead atoms. The van der Waals surface area contributed by atoms with Crippen molar-refractivity contribution in [3.8, 4) is 0 Å². The third-order valence-electron chi connectivity index (χ3n) is 3.71. The van der Waals surface area contributed by atoms with Crippen LogP contribution in [-0.2, 0) is 17.8 Å². The van der Waals surface area contributed by atoms with E-state index in [1.54, 1.807) is 17.0 Å². The van der Waals surface area contributed by atoms with E-state index >= 15 is 0 Å². The molecule has 0 atom stereocenters. The smallest absolute Gasteiger partial charge is 0.299 e. The van der Waals surface area contributed by atoms with Crippen LogP contribution in [0.15, 0.2) is 46.9 Å². The summed E-state index contributed by atoms with van der Waals surface area (Å²) in [5, 5.41) is 0. The van der Waals surface area contributed by atoms with E-state index in [1.807, 2.05) is 18.2 Å². The van der Waals surface area contributed by atoms with Crippen LogP contribution in [0.1, 0.15) is 28.4 Å². The summed E-state index contributed by atoms with van der Waals surface area (Å²) in [6, 6.07) is 13.4. The Morgan fingerprint density at radius 2 is 1.67 bits per heavy atom. The molecular formula is C17H14BrNO2. The first-order valence-corrected chi connectivity index (χ1v) is 7.63. The van der Waals surface area contributed by atoms with Crippen LogP contribution in [0.4, 0.5) is 5.69 Å². The van der Waals surface area contributed by atoms with Crippen molar-refractivity contribution in [2.45, 2.75) is 19.9 Å². The molecule has 0 N–H and O–H groups in total. The normalized spacial score (nSPS) is 13.7. The number of carbonyl (C=O) groups is 2. The molecule has 1 aliphatic rings. The monoisotopic (exact) mass is 343 g/mol. The molecule has 2 aromatic rings. The van der Waals surface area contributed by atoms with E-state index in [2.05, 4.69) is 35.0 Å². The molecule has 0 aliphatic carbocycles. The molecule has 0 radical (unpaired) electrons. The van der Waals surface area contributed by atoms with Crippen molar-refractivity contribution in [3.05, 3.63) is 63.6 Å². The van der Waals surface area contributed by atoms with Gasteiger partial charge in [-0.3, -0.25) is 9.59 Å². The lowest BCUT2D eigenvalue weighted by atomic mass is 10.1. The molecule has 0 saturated heterocycles. The summed E-state index contributed by atoms with van der Waals surface area (Å²) in [5.74, 6) is -0.884. The van der Waals surface area contributed by atoms with Crippen LogP contribution in [0.2, 0.25) is 0 Å².